The molecule has 1 rings (SSSR count). The van der Waals surface area contributed by atoms with Crippen LogP contribution in [0.3, 0.4) is 0 Å². The molecule has 1 aromatic carbocycles. The fourth-order valence-electron chi connectivity index (χ4n) is 1.55. The van der Waals surface area contributed by atoms with E-state index in [9.17, 15) is 14.4 Å². The minimum absolute atomic E-state index is 0.316. The van der Waals surface area contributed by atoms with Crippen molar-refractivity contribution >= 4 is 23.5 Å². The Morgan fingerprint density at radius 2 is 1.60 bits per heavy atom. The molecule has 0 saturated carbocycles. The first-order valence-electron chi connectivity index (χ1n) is 6.22. The molecular formula is C14H18N2O4. The summed E-state index contributed by atoms with van der Waals surface area (Å²) in [5, 5.41) is 13.6. The second-order valence-corrected chi connectivity index (χ2v) is 4.85. The van der Waals surface area contributed by atoms with Gasteiger partial charge in [-0.3, -0.25) is 9.59 Å². The number of rotatable bonds is 4. The second kappa shape index (κ2) is 6.70. The lowest BCUT2D eigenvalue weighted by Crippen LogP contribution is -2.48. The van der Waals surface area contributed by atoms with Crippen LogP contribution in [-0.4, -0.2) is 28.9 Å². The molecule has 0 aliphatic carbocycles. The summed E-state index contributed by atoms with van der Waals surface area (Å²) in [6.45, 7) is 5.20. The Bertz CT molecular complexity index is 508. The van der Waals surface area contributed by atoms with Crippen LogP contribution in [0.5, 0.6) is 0 Å². The summed E-state index contributed by atoms with van der Waals surface area (Å²) in [6.07, 6.45) is 0. The molecule has 20 heavy (non-hydrogen) atoms. The minimum Gasteiger partial charge on any atom is -0.480 e. The molecule has 2 amide bonds. The van der Waals surface area contributed by atoms with Crippen LogP contribution in [-0.2, 0) is 14.4 Å². The molecule has 0 heterocycles. The standard InChI is InChI=1S/C14H18N2O4/c1-8(2)11(14(19)20)16-13(18)12(17)15-10-6-4-9(3)5-7-10/h4-8,11H,1-3H3,(H,15,17)(H,16,18)(H,19,20). The van der Waals surface area contributed by atoms with E-state index in [2.05, 4.69) is 10.6 Å². The molecule has 1 atom stereocenters. The van der Waals surface area contributed by atoms with Crippen molar-refractivity contribution in [3.05, 3.63) is 29.8 Å². The van der Waals surface area contributed by atoms with Crippen molar-refractivity contribution in [2.75, 3.05) is 5.32 Å². The third kappa shape index (κ3) is 4.38. The number of amides is 2. The number of carboxylic acids is 1. The van der Waals surface area contributed by atoms with Crippen molar-refractivity contribution in [1.82, 2.24) is 5.32 Å². The van der Waals surface area contributed by atoms with Gasteiger partial charge in [0, 0.05) is 5.69 Å². The Morgan fingerprint density at radius 3 is 2.05 bits per heavy atom. The Balaban J connectivity index is 2.65. The van der Waals surface area contributed by atoms with Crippen LogP contribution in [0.2, 0.25) is 0 Å². The van der Waals surface area contributed by atoms with Crippen molar-refractivity contribution in [3.8, 4) is 0 Å². The first-order valence-corrected chi connectivity index (χ1v) is 6.22. The smallest absolute Gasteiger partial charge is 0.326 e. The van der Waals surface area contributed by atoms with Gasteiger partial charge in [0.05, 0.1) is 0 Å². The predicted molar refractivity (Wildman–Crippen MR) is 74.2 cm³/mol. The second-order valence-electron chi connectivity index (χ2n) is 4.85. The topological polar surface area (TPSA) is 95.5 Å². The average molecular weight is 278 g/mol. The van der Waals surface area contributed by atoms with E-state index in [1.807, 2.05) is 6.92 Å². The van der Waals surface area contributed by atoms with Crippen molar-refractivity contribution in [2.24, 2.45) is 5.92 Å². The first-order chi connectivity index (χ1) is 9.31. The number of carboxylic acid groups (broad SMARTS) is 1. The summed E-state index contributed by atoms with van der Waals surface area (Å²) < 4.78 is 0. The Labute approximate surface area is 117 Å². The van der Waals surface area contributed by atoms with Crippen LogP contribution in [0.15, 0.2) is 24.3 Å². The summed E-state index contributed by atoms with van der Waals surface area (Å²) in [5.41, 5.74) is 1.50. The molecule has 0 aliphatic heterocycles. The van der Waals surface area contributed by atoms with Crippen LogP contribution >= 0.6 is 0 Å². The average Bonchev–Trinajstić information content (AvgIpc) is 2.37. The maximum atomic E-state index is 11.7. The number of benzene rings is 1. The van der Waals surface area contributed by atoms with Crippen LogP contribution in [0.1, 0.15) is 19.4 Å². The molecule has 0 saturated heterocycles. The maximum absolute atomic E-state index is 11.7. The van der Waals surface area contributed by atoms with Crippen LogP contribution < -0.4 is 10.6 Å². The molecular weight excluding hydrogens is 260 g/mol. The monoisotopic (exact) mass is 278 g/mol. The molecule has 108 valence electrons. The van der Waals surface area contributed by atoms with E-state index in [4.69, 9.17) is 5.11 Å². The van der Waals surface area contributed by atoms with Crippen LogP contribution in [0, 0.1) is 12.8 Å². The minimum atomic E-state index is -1.17. The number of aryl methyl sites for hydroxylation is 1. The van der Waals surface area contributed by atoms with Gasteiger partial charge in [-0.15, -0.1) is 0 Å². The van der Waals surface area contributed by atoms with Crippen molar-refractivity contribution in [2.45, 2.75) is 26.8 Å². The SMILES string of the molecule is Cc1ccc(NC(=O)C(=O)NC(C(=O)O)C(C)C)cc1. The van der Waals surface area contributed by atoms with Crippen molar-refractivity contribution in [3.63, 3.8) is 0 Å². The zero-order chi connectivity index (χ0) is 15.3. The van der Waals surface area contributed by atoms with E-state index < -0.39 is 23.8 Å². The highest BCUT2D eigenvalue weighted by Gasteiger charge is 2.26. The highest BCUT2D eigenvalue weighted by Crippen LogP contribution is 2.08. The van der Waals surface area contributed by atoms with Crippen LogP contribution in [0.25, 0.3) is 0 Å². The van der Waals surface area contributed by atoms with Gasteiger partial charge in [-0.2, -0.15) is 0 Å². The molecule has 6 heteroatoms. The molecule has 1 aromatic rings. The largest absolute Gasteiger partial charge is 0.480 e. The number of anilines is 1. The number of hydrogen-bond donors (Lipinski definition) is 3. The van der Waals surface area contributed by atoms with E-state index in [1.165, 1.54) is 0 Å². The molecule has 0 fully saturated rings. The maximum Gasteiger partial charge on any atom is 0.326 e. The molecule has 0 radical (unpaired) electrons. The highest BCUT2D eigenvalue weighted by molar-refractivity contribution is 6.40. The predicted octanol–water partition coefficient (Wildman–Crippen LogP) is 1.16. The van der Waals surface area contributed by atoms with Gasteiger partial charge in [-0.1, -0.05) is 31.5 Å². The normalized spacial score (nSPS) is 11.8. The van der Waals surface area contributed by atoms with Gasteiger partial charge in [-0.05, 0) is 25.0 Å². The zero-order valence-corrected chi connectivity index (χ0v) is 11.6. The Kier molecular flexibility index (Phi) is 5.25. The number of nitrogens with one attached hydrogen (secondary N) is 2. The van der Waals surface area contributed by atoms with Crippen molar-refractivity contribution in [1.29, 1.82) is 0 Å². The van der Waals surface area contributed by atoms with Gasteiger partial charge in [0.25, 0.3) is 0 Å². The number of aliphatic carboxylic acids is 1. The van der Waals surface area contributed by atoms with E-state index in [-0.39, 0.29) is 5.92 Å². The molecule has 3 N–H and O–H groups in total. The van der Waals surface area contributed by atoms with E-state index >= 15 is 0 Å². The molecule has 6 nitrogen and oxygen atoms in total. The van der Waals surface area contributed by atoms with Gasteiger partial charge in [0.2, 0.25) is 0 Å². The Hall–Kier alpha value is -2.37. The van der Waals surface area contributed by atoms with E-state index in [0.29, 0.717) is 5.69 Å². The number of carbonyl (C=O) groups is 3. The summed E-state index contributed by atoms with van der Waals surface area (Å²) in [4.78, 5) is 34.3. The lowest BCUT2D eigenvalue weighted by molar-refractivity contribution is -0.144. The lowest BCUT2D eigenvalue weighted by atomic mass is 10.0. The van der Waals surface area contributed by atoms with Gasteiger partial charge in [0.1, 0.15) is 6.04 Å². The summed E-state index contributed by atoms with van der Waals surface area (Å²) in [5.74, 6) is -3.34. The van der Waals surface area contributed by atoms with E-state index in [0.717, 1.165) is 5.56 Å². The first kappa shape index (κ1) is 15.7. The van der Waals surface area contributed by atoms with E-state index in [1.54, 1.807) is 38.1 Å². The third-order valence-corrected chi connectivity index (χ3v) is 2.73. The molecule has 0 spiro atoms. The van der Waals surface area contributed by atoms with Gasteiger partial charge < -0.3 is 15.7 Å². The lowest BCUT2D eigenvalue weighted by Gasteiger charge is -2.17. The fraction of sp³-hybridized carbons (Fsp3) is 0.357. The van der Waals surface area contributed by atoms with Crippen LogP contribution in [0.4, 0.5) is 5.69 Å². The Morgan fingerprint density at radius 1 is 1.05 bits per heavy atom. The molecule has 0 aliphatic rings. The summed E-state index contributed by atoms with van der Waals surface area (Å²) >= 11 is 0. The molecule has 1 unspecified atom stereocenters. The highest BCUT2D eigenvalue weighted by atomic mass is 16.4. The van der Waals surface area contributed by atoms with Crippen molar-refractivity contribution < 1.29 is 19.5 Å². The zero-order valence-electron chi connectivity index (χ0n) is 11.6. The number of carbonyl (C=O) groups excluding carboxylic acids is 2. The van der Waals surface area contributed by atoms with Gasteiger partial charge in [-0.25, -0.2) is 4.79 Å². The molecule has 0 bridgehead atoms. The van der Waals surface area contributed by atoms with Gasteiger partial charge >= 0.3 is 17.8 Å². The third-order valence-electron chi connectivity index (χ3n) is 2.73. The quantitative estimate of drug-likeness (QED) is 0.720. The summed E-state index contributed by atoms with van der Waals surface area (Å²) in [7, 11) is 0. The fourth-order valence-corrected chi connectivity index (χ4v) is 1.55. The summed E-state index contributed by atoms with van der Waals surface area (Å²) in [6, 6.07) is 5.82. The molecule has 0 aromatic heterocycles. The van der Waals surface area contributed by atoms with Gasteiger partial charge in [0.15, 0.2) is 0 Å². The number of hydrogen-bond acceptors (Lipinski definition) is 3.